The molecular weight excluding hydrogens is 421 g/mol. The Hall–Kier alpha value is -2.91. The van der Waals surface area contributed by atoms with Crippen molar-refractivity contribution in [2.45, 2.75) is 25.2 Å². The molecule has 32 heavy (non-hydrogen) atoms. The highest BCUT2D eigenvalue weighted by molar-refractivity contribution is 5.29. The predicted octanol–water partition coefficient (Wildman–Crippen LogP) is 4.03. The number of aryl methyl sites for hydroxylation is 1. The molecule has 0 N–H and O–H groups in total. The third-order valence-electron chi connectivity index (χ3n) is 5.44. The monoisotopic (exact) mass is 446 g/mol. The summed E-state index contributed by atoms with van der Waals surface area (Å²) in [5, 5.41) is 4.61. The van der Waals surface area contributed by atoms with Crippen LogP contribution in [0.1, 0.15) is 28.6 Å². The summed E-state index contributed by atoms with van der Waals surface area (Å²) in [6.45, 7) is 3.42. The largest absolute Gasteiger partial charge is 0.493 e. The van der Waals surface area contributed by atoms with Crippen LogP contribution >= 0.6 is 0 Å². The van der Waals surface area contributed by atoms with Gasteiger partial charge in [0.2, 0.25) is 0 Å². The van der Waals surface area contributed by atoms with Gasteiger partial charge in [0.15, 0.2) is 0 Å². The molecule has 0 saturated carbocycles. The van der Waals surface area contributed by atoms with Crippen molar-refractivity contribution in [2.24, 2.45) is 7.05 Å². The summed E-state index contributed by atoms with van der Waals surface area (Å²) < 4.78 is 51.4. The van der Waals surface area contributed by atoms with Crippen LogP contribution in [0.3, 0.4) is 0 Å². The highest BCUT2D eigenvalue weighted by Crippen LogP contribution is 2.30. The second-order valence-electron chi connectivity index (χ2n) is 7.75. The predicted molar refractivity (Wildman–Crippen MR) is 112 cm³/mol. The van der Waals surface area contributed by atoms with Crippen molar-refractivity contribution in [1.29, 1.82) is 0 Å². The number of benzene rings is 1. The maximum Gasteiger partial charge on any atom is 0.416 e. The maximum absolute atomic E-state index is 12.7. The van der Waals surface area contributed by atoms with E-state index in [1.165, 1.54) is 17.7 Å². The Kier molecular flexibility index (Phi) is 6.76. The van der Waals surface area contributed by atoms with E-state index in [-0.39, 0.29) is 6.10 Å². The average molecular weight is 446 g/mol. The number of rotatable bonds is 7. The lowest BCUT2D eigenvalue weighted by atomic mass is 10.1. The van der Waals surface area contributed by atoms with Gasteiger partial charge in [-0.2, -0.15) is 18.3 Å². The minimum Gasteiger partial charge on any atom is -0.493 e. The van der Waals surface area contributed by atoms with Crippen LogP contribution < -0.4 is 4.74 Å². The van der Waals surface area contributed by atoms with E-state index in [0.29, 0.717) is 25.4 Å². The summed E-state index contributed by atoms with van der Waals surface area (Å²) in [7, 11) is 1.87. The van der Waals surface area contributed by atoms with Crippen molar-refractivity contribution < 1.29 is 22.6 Å². The molecule has 0 amide bonds. The Bertz CT molecular complexity index is 1010. The second kappa shape index (κ2) is 9.70. The number of ether oxygens (including phenoxy) is 2. The van der Waals surface area contributed by atoms with Crippen LogP contribution in [0.15, 0.2) is 54.9 Å². The third kappa shape index (κ3) is 5.66. The first-order valence-corrected chi connectivity index (χ1v) is 10.4. The van der Waals surface area contributed by atoms with Crippen LogP contribution in [-0.2, 0) is 30.9 Å². The lowest BCUT2D eigenvalue weighted by Gasteiger charge is -2.32. The summed E-state index contributed by atoms with van der Waals surface area (Å²) in [6.07, 6.45) is -0.284. The Morgan fingerprint density at radius 3 is 2.59 bits per heavy atom. The molecule has 170 valence electrons. The first kappa shape index (κ1) is 22.3. The molecule has 1 saturated heterocycles. The maximum atomic E-state index is 12.7. The van der Waals surface area contributed by atoms with Crippen LogP contribution in [0.4, 0.5) is 13.2 Å². The fourth-order valence-corrected chi connectivity index (χ4v) is 3.71. The summed E-state index contributed by atoms with van der Waals surface area (Å²) in [4.78, 5) is 6.40. The molecule has 1 aliphatic heterocycles. The van der Waals surface area contributed by atoms with Gasteiger partial charge in [-0.15, -0.1) is 0 Å². The van der Waals surface area contributed by atoms with E-state index in [1.54, 1.807) is 17.1 Å². The van der Waals surface area contributed by atoms with E-state index in [0.717, 1.165) is 43.2 Å². The summed E-state index contributed by atoms with van der Waals surface area (Å²) in [5.74, 6) is 0.405. The third-order valence-corrected chi connectivity index (χ3v) is 5.44. The molecule has 0 spiro atoms. The van der Waals surface area contributed by atoms with Crippen LogP contribution in [0, 0.1) is 0 Å². The Morgan fingerprint density at radius 2 is 1.88 bits per heavy atom. The lowest BCUT2D eigenvalue weighted by Crippen LogP contribution is -2.38. The molecule has 9 heteroatoms. The second-order valence-corrected chi connectivity index (χ2v) is 7.75. The van der Waals surface area contributed by atoms with Gasteiger partial charge in [-0.25, -0.2) is 0 Å². The van der Waals surface area contributed by atoms with Crippen molar-refractivity contribution in [3.63, 3.8) is 0 Å². The zero-order valence-corrected chi connectivity index (χ0v) is 17.8. The molecule has 3 aromatic rings. The number of aromatic nitrogens is 3. The van der Waals surface area contributed by atoms with Crippen LogP contribution in [0.25, 0.3) is 0 Å². The van der Waals surface area contributed by atoms with Gasteiger partial charge in [0, 0.05) is 51.2 Å². The van der Waals surface area contributed by atoms with Crippen LogP contribution in [0.5, 0.6) is 5.75 Å². The van der Waals surface area contributed by atoms with Crippen molar-refractivity contribution >= 4 is 0 Å². The van der Waals surface area contributed by atoms with Gasteiger partial charge in [0.25, 0.3) is 0 Å². The van der Waals surface area contributed by atoms with Gasteiger partial charge in [0.05, 0.1) is 24.5 Å². The molecule has 1 aromatic carbocycles. The first-order chi connectivity index (χ1) is 15.4. The van der Waals surface area contributed by atoms with Crippen molar-refractivity contribution in [3.05, 3.63) is 77.4 Å². The Morgan fingerprint density at radius 1 is 1.12 bits per heavy atom. The molecule has 1 aliphatic rings. The van der Waals surface area contributed by atoms with Crippen LogP contribution in [-0.4, -0.2) is 46.0 Å². The lowest BCUT2D eigenvalue weighted by molar-refractivity contribution is -0.137. The Labute approximate surface area is 184 Å². The summed E-state index contributed by atoms with van der Waals surface area (Å²) >= 11 is 0. The Balaban J connectivity index is 1.31. The molecule has 0 bridgehead atoms. The normalized spacial score (nSPS) is 17.4. The molecular formula is C23H25F3N4O2. The number of halogens is 3. The highest BCUT2D eigenvalue weighted by atomic mass is 19.4. The van der Waals surface area contributed by atoms with Crippen molar-refractivity contribution in [1.82, 2.24) is 19.7 Å². The number of morpholine rings is 1. The van der Waals surface area contributed by atoms with Gasteiger partial charge in [0.1, 0.15) is 11.9 Å². The minimum atomic E-state index is -4.35. The molecule has 2 aromatic heterocycles. The topological polar surface area (TPSA) is 52.4 Å². The SMILES string of the molecule is Cn1nc([C@@H]2CN(Cc3ccncc3)CCO2)cc1CCOc1ccc(C(F)(F)F)cc1. The van der Waals surface area contributed by atoms with Crippen molar-refractivity contribution in [2.75, 3.05) is 26.3 Å². The van der Waals surface area contributed by atoms with E-state index in [4.69, 9.17) is 9.47 Å². The van der Waals surface area contributed by atoms with Crippen LogP contribution in [0.2, 0.25) is 0 Å². The number of hydrogen-bond donors (Lipinski definition) is 0. The van der Waals surface area contributed by atoms with Gasteiger partial charge in [-0.05, 0) is 48.0 Å². The molecule has 1 atom stereocenters. The van der Waals surface area contributed by atoms with E-state index in [2.05, 4.69) is 15.0 Å². The van der Waals surface area contributed by atoms with E-state index in [1.807, 2.05) is 25.2 Å². The first-order valence-electron chi connectivity index (χ1n) is 10.4. The molecule has 3 heterocycles. The number of nitrogens with zero attached hydrogens (tertiary/aromatic N) is 4. The van der Waals surface area contributed by atoms with Gasteiger partial charge in [-0.3, -0.25) is 14.6 Å². The smallest absolute Gasteiger partial charge is 0.416 e. The zero-order chi connectivity index (χ0) is 22.6. The quantitative estimate of drug-likeness (QED) is 0.549. The molecule has 0 radical (unpaired) electrons. The fourth-order valence-electron chi connectivity index (χ4n) is 3.71. The molecule has 4 rings (SSSR count). The minimum absolute atomic E-state index is 0.110. The van der Waals surface area contributed by atoms with Gasteiger partial charge < -0.3 is 9.47 Å². The summed E-state index contributed by atoms with van der Waals surface area (Å²) in [5.41, 5.74) is 2.37. The summed E-state index contributed by atoms with van der Waals surface area (Å²) in [6, 6.07) is 10.8. The fraction of sp³-hybridized carbons (Fsp3) is 0.391. The van der Waals surface area contributed by atoms with Gasteiger partial charge in [-0.1, -0.05) is 0 Å². The van der Waals surface area contributed by atoms with E-state index in [9.17, 15) is 13.2 Å². The number of pyridine rings is 1. The standard InChI is InChI=1S/C23H25F3N4O2/c1-29-19(8-12-31-20-4-2-18(3-5-20)23(24,25)26)14-21(28-29)22-16-30(11-13-32-22)15-17-6-9-27-10-7-17/h2-7,9-10,14,22H,8,11-13,15-16H2,1H3/t22-/m0/s1. The van der Waals surface area contributed by atoms with Crippen molar-refractivity contribution in [3.8, 4) is 5.75 Å². The molecule has 6 nitrogen and oxygen atoms in total. The molecule has 0 aliphatic carbocycles. The zero-order valence-electron chi connectivity index (χ0n) is 17.8. The average Bonchev–Trinajstić information content (AvgIpc) is 3.15. The van der Waals surface area contributed by atoms with E-state index < -0.39 is 11.7 Å². The molecule has 0 unspecified atom stereocenters. The van der Waals surface area contributed by atoms with E-state index >= 15 is 0 Å². The number of alkyl halides is 3. The van der Waals surface area contributed by atoms with Gasteiger partial charge >= 0.3 is 6.18 Å². The molecule has 1 fully saturated rings. The highest BCUT2D eigenvalue weighted by Gasteiger charge is 2.30. The number of hydrogen-bond acceptors (Lipinski definition) is 5.